The van der Waals surface area contributed by atoms with E-state index in [4.69, 9.17) is 14.2 Å². The van der Waals surface area contributed by atoms with Gasteiger partial charge >= 0.3 is 5.97 Å². The third-order valence-electron chi connectivity index (χ3n) is 4.61. The molecule has 1 N–H and O–H groups in total. The van der Waals surface area contributed by atoms with Crippen LogP contribution in [0.4, 0.5) is 5.69 Å². The molecule has 2 aromatic carbocycles. The Labute approximate surface area is 158 Å². The van der Waals surface area contributed by atoms with E-state index < -0.39 is 5.97 Å². The number of hydrogen-bond donors (Lipinski definition) is 1. The van der Waals surface area contributed by atoms with Crippen molar-refractivity contribution in [3.63, 3.8) is 0 Å². The maximum absolute atomic E-state index is 12.2. The first-order valence-electron chi connectivity index (χ1n) is 8.80. The van der Waals surface area contributed by atoms with E-state index in [1.807, 2.05) is 19.9 Å². The Balaban J connectivity index is 2.06. The number of fused-ring (bicyclic) bond motifs is 1. The van der Waals surface area contributed by atoms with Gasteiger partial charge in [-0.3, -0.25) is 0 Å². The van der Waals surface area contributed by atoms with Crippen LogP contribution in [0, 0.1) is 0 Å². The number of methoxy groups -OCH3 is 2. The molecule has 142 valence electrons. The molecule has 1 aliphatic heterocycles. The van der Waals surface area contributed by atoms with Crippen molar-refractivity contribution in [2.45, 2.75) is 13.8 Å². The van der Waals surface area contributed by atoms with Crippen molar-refractivity contribution in [3.05, 3.63) is 47.0 Å². The number of rotatable bonds is 6. The number of hydrogen-bond acceptors (Lipinski definition) is 6. The maximum Gasteiger partial charge on any atom is 0.344 e. The average Bonchev–Trinajstić information content (AvgIpc) is 2.98. The predicted molar refractivity (Wildman–Crippen MR) is 105 cm³/mol. The summed E-state index contributed by atoms with van der Waals surface area (Å²) in [5.41, 5.74) is 2.64. The van der Waals surface area contributed by atoms with Crippen LogP contribution in [-0.2, 0) is 4.74 Å². The molecule has 0 saturated heterocycles. The molecule has 1 aliphatic rings. The van der Waals surface area contributed by atoms with Crippen LogP contribution >= 0.6 is 0 Å². The van der Waals surface area contributed by atoms with Crippen molar-refractivity contribution in [1.29, 1.82) is 0 Å². The van der Waals surface area contributed by atoms with E-state index in [1.165, 1.54) is 7.11 Å². The summed E-state index contributed by atoms with van der Waals surface area (Å²) in [7, 11) is 3.06. The number of cyclic esters (lactones) is 1. The predicted octanol–water partition coefficient (Wildman–Crippen LogP) is 3.92. The largest absolute Gasteiger partial charge is 0.506 e. The van der Waals surface area contributed by atoms with Gasteiger partial charge in [-0.05, 0) is 49.8 Å². The lowest BCUT2D eigenvalue weighted by Crippen LogP contribution is -2.21. The van der Waals surface area contributed by atoms with E-state index in [9.17, 15) is 9.90 Å². The van der Waals surface area contributed by atoms with Gasteiger partial charge in [0.05, 0.1) is 25.5 Å². The molecule has 0 spiro atoms. The molecule has 0 atom stereocenters. The summed E-state index contributed by atoms with van der Waals surface area (Å²) in [6.45, 7) is 5.61. The topological polar surface area (TPSA) is 68.2 Å². The van der Waals surface area contributed by atoms with E-state index in [2.05, 4.69) is 4.90 Å². The molecule has 0 aromatic heterocycles. The molecule has 0 unspecified atom stereocenters. The highest BCUT2D eigenvalue weighted by Gasteiger charge is 2.29. The Kier molecular flexibility index (Phi) is 5.26. The van der Waals surface area contributed by atoms with Crippen LogP contribution in [0.25, 0.3) is 11.8 Å². The van der Waals surface area contributed by atoms with Crippen LogP contribution in [0.5, 0.6) is 17.2 Å². The number of phenols is 1. The third-order valence-corrected chi connectivity index (χ3v) is 4.61. The standard InChI is InChI=1S/C21H23NO5/c1-5-22(6-2)16-9-13(7-8-17(16)23)10-18-14-11-19(25-3)20(26-4)12-15(14)21(24)27-18/h7-12,23H,5-6H2,1-4H3/b18-10+. The van der Waals surface area contributed by atoms with E-state index in [-0.39, 0.29) is 5.75 Å². The van der Waals surface area contributed by atoms with Crippen molar-refractivity contribution >= 4 is 23.5 Å². The van der Waals surface area contributed by atoms with Gasteiger partial charge in [-0.1, -0.05) is 6.07 Å². The summed E-state index contributed by atoms with van der Waals surface area (Å²) in [5, 5.41) is 10.2. The number of benzene rings is 2. The number of anilines is 1. The Morgan fingerprint density at radius 1 is 1.04 bits per heavy atom. The highest BCUT2D eigenvalue weighted by atomic mass is 16.5. The lowest BCUT2D eigenvalue weighted by atomic mass is 10.0. The smallest absolute Gasteiger partial charge is 0.344 e. The van der Waals surface area contributed by atoms with Gasteiger partial charge in [-0.25, -0.2) is 4.79 Å². The molecule has 6 nitrogen and oxygen atoms in total. The molecular formula is C21H23NO5. The van der Waals surface area contributed by atoms with E-state index in [1.54, 1.807) is 37.5 Å². The molecule has 3 rings (SSSR count). The van der Waals surface area contributed by atoms with Gasteiger partial charge in [0.1, 0.15) is 11.5 Å². The van der Waals surface area contributed by atoms with Gasteiger partial charge in [0.15, 0.2) is 11.5 Å². The zero-order valence-electron chi connectivity index (χ0n) is 15.9. The number of carbonyl (C=O) groups is 1. The second-order valence-corrected chi connectivity index (χ2v) is 6.07. The fourth-order valence-electron chi connectivity index (χ4n) is 3.17. The van der Waals surface area contributed by atoms with Gasteiger partial charge in [0.25, 0.3) is 0 Å². The van der Waals surface area contributed by atoms with Crippen molar-refractivity contribution < 1.29 is 24.1 Å². The molecule has 6 heteroatoms. The summed E-state index contributed by atoms with van der Waals surface area (Å²) in [6, 6.07) is 8.66. The summed E-state index contributed by atoms with van der Waals surface area (Å²) in [5.74, 6) is 1.22. The first kappa shape index (κ1) is 18.6. The van der Waals surface area contributed by atoms with Crippen LogP contribution in [0.3, 0.4) is 0 Å². The lowest BCUT2D eigenvalue weighted by molar-refractivity contribution is 0.0717. The average molecular weight is 369 g/mol. The lowest BCUT2D eigenvalue weighted by Gasteiger charge is -2.22. The first-order chi connectivity index (χ1) is 13.0. The Morgan fingerprint density at radius 3 is 2.26 bits per heavy atom. The maximum atomic E-state index is 12.2. The quantitative estimate of drug-likeness (QED) is 0.779. The van der Waals surface area contributed by atoms with E-state index in [0.29, 0.717) is 28.4 Å². The minimum absolute atomic E-state index is 0.219. The van der Waals surface area contributed by atoms with E-state index in [0.717, 1.165) is 24.3 Å². The Hall–Kier alpha value is -3.15. The van der Waals surface area contributed by atoms with Crippen molar-refractivity contribution in [1.82, 2.24) is 0 Å². The number of esters is 1. The van der Waals surface area contributed by atoms with Crippen molar-refractivity contribution in [3.8, 4) is 17.2 Å². The molecule has 0 bridgehead atoms. The fraction of sp³-hybridized carbons (Fsp3) is 0.286. The SMILES string of the molecule is CCN(CC)c1cc(/C=C2/OC(=O)c3cc(OC)c(OC)cc32)ccc1O. The number of aromatic hydroxyl groups is 1. The van der Waals surface area contributed by atoms with Gasteiger partial charge in [0, 0.05) is 18.7 Å². The van der Waals surface area contributed by atoms with Crippen LogP contribution in [0.15, 0.2) is 30.3 Å². The summed E-state index contributed by atoms with van der Waals surface area (Å²) < 4.78 is 16.0. The summed E-state index contributed by atoms with van der Waals surface area (Å²) >= 11 is 0. The summed E-state index contributed by atoms with van der Waals surface area (Å²) in [4.78, 5) is 14.3. The molecule has 1 heterocycles. The molecule has 0 fully saturated rings. The molecule has 0 saturated carbocycles. The first-order valence-corrected chi connectivity index (χ1v) is 8.80. The van der Waals surface area contributed by atoms with Crippen LogP contribution in [0.1, 0.15) is 35.3 Å². The van der Waals surface area contributed by atoms with Crippen LogP contribution < -0.4 is 14.4 Å². The second-order valence-electron chi connectivity index (χ2n) is 6.07. The van der Waals surface area contributed by atoms with Crippen LogP contribution in [0.2, 0.25) is 0 Å². The van der Waals surface area contributed by atoms with Gasteiger partial charge < -0.3 is 24.2 Å². The van der Waals surface area contributed by atoms with Crippen molar-refractivity contribution in [2.75, 3.05) is 32.2 Å². The highest BCUT2D eigenvalue weighted by Crippen LogP contribution is 2.39. The molecular weight excluding hydrogens is 346 g/mol. The fourth-order valence-corrected chi connectivity index (χ4v) is 3.17. The third kappa shape index (κ3) is 3.43. The Bertz CT molecular complexity index is 900. The molecule has 0 amide bonds. The zero-order valence-corrected chi connectivity index (χ0v) is 15.9. The molecule has 2 aromatic rings. The second kappa shape index (κ2) is 7.61. The van der Waals surface area contributed by atoms with E-state index >= 15 is 0 Å². The highest BCUT2D eigenvalue weighted by molar-refractivity contribution is 6.06. The van der Waals surface area contributed by atoms with Gasteiger partial charge in [0.2, 0.25) is 0 Å². The number of nitrogens with zero attached hydrogens (tertiary/aromatic N) is 1. The number of carbonyl (C=O) groups excluding carboxylic acids is 1. The van der Waals surface area contributed by atoms with Gasteiger partial charge in [-0.2, -0.15) is 0 Å². The zero-order chi connectivity index (χ0) is 19.6. The van der Waals surface area contributed by atoms with Crippen LogP contribution in [-0.4, -0.2) is 38.4 Å². The molecule has 27 heavy (non-hydrogen) atoms. The normalized spacial score (nSPS) is 14.1. The Morgan fingerprint density at radius 2 is 1.67 bits per heavy atom. The van der Waals surface area contributed by atoms with Crippen molar-refractivity contribution in [2.24, 2.45) is 0 Å². The minimum Gasteiger partial charge on any atom is -0.506 e. The molecule has 0 aliphatic carbocycles. The number of ether oxygens (including phenoxy) is 3. The molecule has 0 radical (unpaired) electrons. The minimum atomic E-state index is -0.431. The van der Waals surface area contributed by atoms with Gasteiger partial charge in [-0.15, -0.1) is 0 Å². The monoisotopic (exact) mass is 369 g/mol. The summed E-state index contributed by atoms with van der Waals surface area (Å²) in [6.07, 6.45) is 1.78. The number of phenolic OH excluding ortho intramolecular Hbond substituents is 1.